The highest BCUT2D eigenvalue weighted by Gasteiger charge is 2.22. The van der Waals surface area contributed by atoms with Gasteiger partial charge < -0.3 is 18.9 Å². The lowest BCUT2D eigenvalue weighted by Gasteiger charge is -2.20. The summed E-state index contributed by atoms with van der Waals surface area (Å²) in [6.45, 7) is 5.04. The van der Waals surface area contributed by atoms with Crippen LogP contribution in [0.3, 0.4) is 0 Å². The van der Waals surface area contributed by atoms with Gasteiger partial charge in [0, 0.05) is 19.3 Å². The molecule has 1 amide bonds. The van der Waals surface area contributed by atoms with E-state index >= 15 is 0 Å². The van der Waals surface area contributed by atoms with Gasteiger partial charge in [-0.2, -0.15) is 8.78 Å². The molecule has 0 aliphatic carbocycles. The van der Waals surface area contributed by atoms with Gasteiger partial charge in [-0.3, -0.25) is 4.79 Å². The van der Waals surface area contributed by atoms with Gasteiger partial charge in [0.1, 0.15) is 0 Å². The maximum atomic E-state index is 13.3. The average Bonchev–Trinajstić information content (AvgIpc) is 3.09. The number of benzene rings is 1. The van der Waals surface area contributed by atoms with E-state index in [9.17, 15) is 13.6 Å². The van der Waals surface area contributed by atoms with Crippen molar-refractivity contribution in [3.05, 3.63) is 46.8 Å². The van der Waals surface area contributed by atoms with Gasteiger partial charge in [0.15, 0.2) is 11.5 Å². The summed E-state index contributed by atoms with van der Waals surface area (Å²) >= 11 is 0. The van der Waals surface area contributed by atoms with Gasteiger partial charge in [-0.1, -0.05) is 25.1 Å². The molecule has 2 heterocycles. The molecule has 2 aromatic heterocycles. The molecular weight excluding hydrogens is 408 g/mol. The monoisotopic (exact) mass is 433 g/mol. The molecule has 0 aliphatic heterocycles. The molecule has 166 valence electrons. The Kier molecular flexibility index (Phi) is 6.72. The molecule has 1 aromatic carbocycles. The minimum atomic E-state index is -2.95. The van der Waals surface area contributed by atoms with E-state index in [1.54, 1.807) is 39.1 Å². The second kappa shape index (κ2) is 9.28. The molecule has 0 unspecified atom stereocenters. The van der Waals surface area contributed by atoms with E-state index in [0.29, 0.717) is 27.9 Å². The van der Waals surface area contributed by atoms with Crippen LogP contribution in [0, 0.1) is 6.92 Å². The maximum absolute atomic E-state index is 13.3. The highest BCUT2D eigenvalue weighted by molar-refractivity contribution is 6.05. The molecule has 0 radical (unpaired) electrons. The molecule has 7 nitrogen and oxygen atoms in total. The van der Waals surface area contributed by atoms with Gasteiger partial charge in [0.25, 0.3) is 11.6 Å². The highest BCUT2D eigenvalue weighted by Crippen LogP contribution is 2.31. The quantitative estimate of drug-likeness (QED) is 0.501. The van der Waals surface area contributed by atoms with Crippen LogP contribution in [0.15, 0.2) is 28.8 Å². The summed E-state index contributed by atoms with van der Waals surface area (Å²) in [5.74, 6) is 0.0192. The number of hydrogen-bond donors (Lipinski definition) is 0. The van der Waals surface area contributed by atoms with Crippen molar-refractivity contribution in [2.24, 2.45) is 0 Å². The lowest BCUT2D eigenvalue weighted by molar-refractivity contribution is -0.0514. The molecule has 0 N–H and O–H groups in total. The molecule has 0 atom stereocenters. The van der Waals surface area contributed by atoms with Crippen LogP contribution < -0.4 is 9.47 Å². The third-order valence-electron chi connectivity index (χ3n) is 4.75. The van der Waals surface area contributed by atoms with E-state index in [2.05, 4.69) is 14.9 Å². The van der Waals surface area contributed by atoms with Crippen molar-refractivity contribution in [2.45, 2.75) is 46.8 Å². The molecule has 0 aliphatic rings. The Morgan fingerprint density at radius 3 is 2.61 bits per heavy atom. The van der Waals surface area contributed by atoms with E-state index in [1.807, 2.05) is 13.8 Å². The van der Waals surface area contributed by atoms with E-state index < -0.39 is 6.61 Å². The predicted molar refractivity (Wildman–Crippen MR) is 111 cm³/mol. The van der Waals surface area contributed by atoms with Crippen LogP contribution in [0.1, 0.15) is 54.0 Å². The summed E-state index contributed by atoms with van der Waals surface area (Å²) < 4.78 is 40.5. The van der Waals surface area contributed by atoms with Crippen LogP contribution in [0.4, 0.5) is 8.78 Å². The minimum absolute atomic E-state index is 0.0490. The number of aromatic nitrogens is 2. The van der Waals surface area contributed by atoms with Gasteiger partial charge in [0.2, 0.25) is 0 Å². The molecule has 0 saturated heterocycles. The summed E-state index contributed by atoms with van der Waals surface area (Å²) in [5.41, 5.74) is 2.80. The number of nitrogens with zero attached hydrogens (tertiary/aromatic N) is 3. The van der Waals surface area contributed by atoms with Crippen LogP contribution in [-0.2, 0) is 6.54 Å². The predicted octanol–water partition coefficient (Wildman–Crippen LogP) is 4.93. The van der Waals surface area contributed by atoms with Gasteiger partial charge in [-0.25, -0.2) is 4.98 Å². The summed E-state index contributed by atoms with van der Waals surface area (Å²) in [6.07, 6.45) is 0. The van der Waals surface area contributed by atoms with Crippen LogP contribution in [0.25, 0.3) is 11.1 Å². The zero-order chi connectivity index (χ0) is 22.7. The molecule has 0 spiro atoms. The number of rotatable bonds is 8. The number of alkyl halides is 2. The molecule has 3 aromatic rings. The molecular formula is C22H25F2N3O4. The number of fused-ring (bicyclic) bond motifs is 1. The fraction of sp³-hybridized carbons (Fsp3) is 0.409. The fourth-order valence-electron chi connectivity index (χ4n) is 3.24. The molecule has 3 rings (SSSR count). The van der Waals surface area contributed by atoms with Crippen LogP contribution >= 0.6 is 0 Å². The van der Waals surface area contributed by atoms with Crippen molar-refractivity contribution in [3.63, 3.8) is 0 Å². The van der Waals surface area contributed by atoms with E-state index in [4.69, 9.17) is 9.26 Å². The van der Waals surface area contributed by atoms with E-state index in [-0.39, 0.29) is 36.5 Å². The summed E-state index contributed by atoms with van der Waals surface area (Å²) in [7, 11) is 1.66. The van der Waals surface area contributed by atoms with E-state index in [0.717, 1.165) is 5.69 Å². The first-order valence-electron chi connectivity index (χ1n) is 9.94. The van der Waals surface area contributed by atoms with Gasteiger partial charge >= 0.3 is 6.61 Å². The average molecular weight is 433 g/mol. The van der Waals surface area contributed by atoms with Crippen molar-refractivity contribution in [1.82, 2.24) is 15.0 Å². The maximum Gasteiger partial charge on any atom is 0.387 e. The Labute approximate surface area is 178 Å². The normalized spacial score (nSPS) is 11.4. The fourth-order valence-corrected chi connectivity index (χ4v) is 3.24. The summed E-state index contributed by atoms with van der Waals surface area (Å²) in [5, 5.41) is 4.53. The molecule has 0 fully saturated rings. The zero-order valence-electron chi connectivity index (χ0n) is 18.1. The number of hydrogen-bond acceptors (Lipinski definition) is 6. The number of carbonyl (C=O) groups is 1. The zero-order valence-corrected chi connectivity index (χ0v) is 18.1. The third-order valence-corrected chi connectivity index (χ3v) is 4.75. The lowest BCUT2D eigenvalue weighted by atomic mass is 10.0. The Morgan fingerprint density at radius 2 is 1.97 bits per heavy atom. The number of aryl methyl sites for hydroxylation is 1. The van der Waals surface area contributed by atoms with Crippen LogP contribution in [0.2, 0.25) is 0 Å². The molecule has 31 heavy (non-hydrogen) atoms. The Balaban J connectivity index is 1.90. The topological polar surface area (TPSA) is 77.7 Å². The van der Waals surface area contributed by atoms with Crippen molar-refractivity contribution in [2.75, 3.05) is 13.7 Å². The van der Waals surface area contributed by atoms with Gasteiger partial charge in [0.05, 0.1) is 23.3 Å². The first-order valence-corrected chi connectivity index (χ1v) is 9.94. The number of pyridine rings is 1. The summed E-state index contributed by atoms with van der Waals surface area (Å²) in [6, 6.07) is 6.39. The Hall–Kier alpha value is -3.23. The standard InChI is InChI=1S/C22H25F2N3O4/c1-6-29-18-9-14(7-8-17(18)30-22(23)24)11-27(5)21(28)15-10-16(12(2)3)25-20-19(15)13(4)26-31-20/h7-10,12,22H,6,11H2,1-5H3. The molecule has 9 heteroatoms. The first kappa shape index (κ1) is 22.5. The van der Waals surface area contributed by atoms with Crippen molar-refractivity contribution < 1.29 is 27.6 Å². The molecule has 0 bridgehead atoms. The van der Waals surface area contributed by atoms with E-state index in [1.165, 1.54) is 11.0 Å². The van der Waals surface area contributed by atoms with Crippen LogP contribution in [0.5, 0.6) is 11.5 Å². The number of ether oxygens (including phenoxy) is 2. The number of carbonyl (C=O) groups excluding carboxylic acids is 1. The third kappa shape index (κ3) is 4.92. The molecule has 0 saturated carbocycles. The van der Waals surface area contributed by atoms with Crippen molar-refractivity contribution >= 4 is 17.0 Å². The minimum Gasteiger partial charge on any atom is -0.490 e. The highest BCUT2D eigenvalue weighted by atomic mass is 19.3. The Morgan fingerprint density at radius 1 is 1.23 bits per heavy atom. The van der Waals surface area contributed by atoms with Gasteiger partial charge in [-0.05, 0) is 43.5 Å². The van der Waals surface area contributed by atoms with Crippen LogP contribution in [-0.4, -0.2) is 41.2 Å². The van der Waals surface area contributed by atoms with Gasteiger partial charge in [-0.15, -0.1) is 0 Å². The van der Waals surface area contributed by atoms with Crippen molar-refractivity contribution in [3.8, 4) is 11.5 Å². The lowest BCUT2D eigenvalue weighted by Crippen LogP contribution is -2.26. The second-order valence-corrected chi connectivity index (χ2v) is 7.45. The smallest absolute Gasteiger partial charge is 0.387 e. The first-order chi connectivity index (χ1) is 14.7. The SMILES string of the molecule is CCOc1cc(CN(C)C(=O)c2cc(C(C)C)nc3onc(C)c23)ccc1OC(F)F. The second-order valence-electron chi connectivity index (χ2n) is 7.45. The summed E-state index contributed by atoms with van der Waals surface area (Å²) in [4.78, 5) is 19.3. The number of amides is 1. The van der Waals surface area contributed by atoms with Crippen molar-refractivity contribution in [1.29, 1.82) is 0 Å². The largest absolute Gasteiger partial charge is 0.490 e. The number of halogens is 2. The Bertz CT molecular complexity index is 1080.